The van der Waals surface area contributed by atoms with Gasteiger partial charge in [-0.3, -0.25) is 14.8 Å². The Labute approximate surface area is 125 Å². The molecule has 110 valence electrons. The zero-order valence-electron chi connectivity index (χ0n) is 10.6. The van der Waals surface area contributed by atoms with Crippen LogP contribution >= 0.6 is 11.6 Å². The van der Waals surface area contributed by atoms with Crippen molar-refractivity contribution in [1.29, 1.82) is 0 Å². The topological polar surface area (TPSA) is 115 Å². The van der Waals surface area contributed by atoms with Crippen LogP contribution in [0.15, 0.2) is 35.5 Å². The van der Waals surface area contributed by atoms with Crippen LogP contribution in [0, 0.1) is 17.0 Å². The summed E-state index contributed by atoms with van der Waals surface area (Å²) in [5, 5.41) is 11.0. The van der Waals surface area contributed by atoms with Crippen molar-refractivity contribution in [3.05, 3.63) is 51.4 Å². The van der Waals surface area contributed by atoms with Gasteiger partial charge in [0.15, 0.2) is 5.82 Å². The summed E-state index contributed by atoms with van der Waals surface area (Å²) in [6.45, 7) is 1.36. The van der Waals surface area contributed by atoms with Gasteiger partial charge in [0.05, 0.1) is 22.2 Å². The van der Waals surface area contributed by atoms with Gasteiger partial charge >= 0.3 is 0 Å². The highest BCUT2D eigenvalue weighted by Gasteiger charge is 2.23. The second kappa shape index (κ2) is 5.62. The number of nitrogens with zero attached hydrogens (tertiary/aromatic N) is 3. The lowest BCUT2D eigenvalue weighted by molar-refractivity contribution is -0.385. The Morgan fingerprint density at radius 1 is 1.29 bits per heavy atom. The maximum Gasteiger partial charge on any atom is 0.273 e. The number of anilines is 1. The molecule has 1 heterocycles. The molecule has 0 bridgehead atoms. The number of halogens is 1. The number of aromatic nitrogens is 2. The minimum absolute atomic E-state index is 0.0368. The summed E-state index contributed by atoms with van der Waals surface area (Å²) in [4.78, 5) is 17.5. The lowest BCUT2D eigenvalue weighted by Crippen LogP contribution is -2.15. The van der Waals surface area contributed by atoms with Crippen molar-refractivity contribution in [2.45, 2.75) is 11.8 Å². The highest BCUT2D eigenvalue weighted by atomic mass is 35.5. The van der Waals surface area contributed by atoms with E-state index in [1.165, 1.54) is 31.3 Å². The number of nitro groups is 1. The average molecular weight is 329 g/mol. The maximum atomic E-state index is 12.2. The van der Waals surface area contributed by atoms with Crippen molar-refractivity contribution >= 4 is 33.1 Å². The van der Waals surface area contributed by atoms with Gasteiger partial charge in [0.25, 0.3) is 15.7 Å². The molecule has 10 heteroatoms. The van der Waals surface area contributed by atoms with E-state index >= 15 is 0 Å². The average Bonchev–Trinajstić information content (AvgIpc) is 2.41. The highest BCUT2D eigenvalue weighted by molar-refractivity contribution is 7.92. The van der Waals surface area contributed by atoms with Crippen LogP contribution in [0.2, 0.25) is 5.15 Å². The van der Waals surface area contributed by atoms with Gasteiger partial charge in [0.1, 0.15) is 5.15 Å². The fourth-order valence-electron chi connectivity index (χ4n) is 1.65. The maximum absolute atomic E-state index is 12.2. The van der Waals surface area contributed by atoms with Crippen LogP contribution in [0.4, 0.5) is 11.5 Å². The van der Waals surface area contributed by atoms with E-state index in [0.29, 0.717) is 0 Å². The Balaban J connectivity index is 2.42. The molecule has 2 aromatic rings. The van der Waals surface area contributed by atoms with Crippen molar-refractivity contribution < 1.29 is 13.3 Å². The van der Waals surface area contributed by atoms with Gasteiger partial charge in [-0.15, -0.1) is 0 Å². The molecule has 0 radical (unpaired) electrons. The summed E-state index contributed by atoms with van der Waals surface area (Å²) in [6.07, 6.45) is 2.33. The fraction of sp³-hybridized carbons (Fsp3) is 0.0909. The van der Waals surface area contributed by atoms with Gasteiger partial charge in [0.2, 0.25) is 0 Å². The van der Waals surface area contributed by atoms with Gasteiger partial charge in [-0.05, 0) is 13.0 Å². The summed E-state index contributed by atoms with van der Waals surface area (Å²) in [6, 6.07) is 3.80. The van der Waals surface area contributed by atoms with E-state index < -0.39 is 14.9 Å². The third-order valence-corrected chi connectivity index (χ3v) is 4.30. The van der Waals surface area contributed by atoms with E-state index in [1.54, 1.807) is 0 Å². The first-order valence-electron chi connectivity index (χ1n) is 5.55. The zero-order chi connectivity index (χ0) is 15.6. The van der Waals surface area contributed by atoms with E-state index in [9.17, 15) is 18.5 Å². The van der Waals surface area contributed by atoms with Crippen LogP contribution in [-0.4, -0.2) is 23.3 Å². The highest BCUT2D eigenvalue weighted by Crippen LogP contribution is 2.25. The first-order chi connectivity index (χ1) is 9.81. The van der Waals surface area contributed by atoms with Crippen LogP contribution in [0.5, 0.6) is 0 Å². The van der Waals surface area contributed by atoms with Crippen molar-refractivity contribution in [2.24, 2.45) is 0 Å². The molecule has 0 amide bonds. The number of nitrogens with one attached hydrogen (secondary N) is 1. The molecular weight excluding hydrogens is 320 g/mol. The summed E-state index contributed by atoms with van der Waals surface area (Å²) < 4.78 is 26.7. The monoisotopic (exact) mass is 328 g/mol. The smallest absolute Gasteiger partial charge is 0.262 e. The van der Waals surface area contributed by atoms with Gasteiger partial charge in [-0.2, -0.15) is 0 Å². The molecule has 0 aliphatic rings. The normalized spacial score (nSPS) is 11.1. The predicted molar refractivity (Wildman–Crippen MR) is 75.7 cm³/mol. The molecule has 0 atom stereocenters. The number of rotatable bonds is 4. The SMILES string of the molecule is Cc1c([N+](=O)[O-])cccc1S(=O)(=O)Nc1cnc(Cl)cn1. The lowest BCUT2D eigenvalue weighted by Gasteiger charge is -2.09. The van der Waals surface area contributed by atoms with E-state index in [2.05, 4.69) is 14.7 Å². The van der Waals surface area contributed by atoms with Crippen LogP contribution in [-0.2, 0) is 10.0 Å². The molecule has 0 saturated carbocycles. The second-order valence-corrected chi connectivity index (χ2v) is 6.03. The molecule has 2 rings (SSSR count). The van der Waals surface area contributed by atoms with Crippen LogP contribution < -0.4 is 4.72 Å². The van der Waals surface area contributed by atoms with Crippen LogP contribution in [0.1, 0.15) is 5.56 Å². The largest absolute Gasteiger partial charge is 0.273 e. The molecule has 0 aliphatic heterocycles. The molecule has 1 aromatic carbocycles. The molecule has 1 N–H and O–H groups in total. The number of hydrogen-bond acceptors (Lipinski definition) is 6. The standard InChI is InChI=1S/C11H9ClN4O4S/c1-7-8(16(17)18)3-2-4-9(7)21(19,20)15-11-6-13-10(12)5-14-11/h2-6H,1H3,(H,14,15). The molecule has 0 aliphatic carbocycles. The molecular formula is C11H9ClN4O4S. The van der Waals surface area contributed by atoms with E-state index in [-0.39, 0.29) is 27.1 Å². The fourth-order valence-corrected chi connectivity index (χ4v) is 3.00. The minimum atomic E-state index is -4.01. The Bertz CT molecular complexity index is 792. The summed E-state index contributed by atoms with van der Waals surface area (Å²) >= 11 is 5.55. The Morgan fingerprint density at radius 3 is 2.57 bits per heavy atom. The number of nitro benzene ring substituents is 1. The summed E-state index contributed by atoms with van der Waals surface area (Å²) in [5.41, 5.74) is -0.239. The van der Waals surface area contributed by atoms with Gasteiger partial charge in [0, 0.05) is 11.6 Å². The van der Waals surface area contributed by atoms with Crippen molar-refractivity contribution in [1.82, 2.24) is 9.97 Å². The first kappa shape index (κ1) is 15.1. The van der Waals surface area contributed by atoms with E-state index in [0.717, 1.165) is 6.20 Å². The first-order valence-corrected chi connectivity index (χ1v) is 7.42. The molecule has 0 fully saturated rings. The molecule has 0 spiro atoms. The third kappa shape index (κ3) is 3.26. The van der Waals surface area contributed by atoms with Crippen LogP contribution in [0.3, 0.4) is 0 Å². The Hall–Kier alpha value is -2.26. The second-order valence-electron chi connectivity index (χ2n) is 3.99. The lowest BCUT2D eigenvalue weighted by atomic mass is 10.2. The van der Waals surface area contributed by atoms with Crippen molar-refractivity contribution in [2.75, 3.05) is 4.72 Å². The van der Waals surface area contributed by atoms with Gasteiger partial charge in [-0.1, -0.05) is 17.7 Å². The van der Waals surface area contributed by atoms with E-state index in [4.69, 9.17) is 11.6 Å². The van der Waals surface area contributed by atoms with Gasteiger partial charge in [-0.25, -0.2) is 18.4 Å². The minimum Gasteiger partial charge on any atom is -0.262 e. The summed E-state index contributed by atoms with van der Waals surface area (Å²) in [5.74, 6) is -0.0368. The molecule has 21 heavy (non-hydrogen) atoms. The van der Waals surface area contributed by atoms with E-state index in [1.807, 2.05) is 0 Å². The molecule has 1 aromatic heterocycles. The van der Waals surface area contributed by atoms with Crippen molar-refractivity contribution in [3.8, 4) is 0 Å². The molecule has 8 nitrogen and oxygen atoms in total. The molecule has 0 saturated heterocycles. The van der Waals surface area contributed by atoms with Crippen molar-refractivity contribution in [3.63, 3.8) is 0 Å². The molecule has 0 unspecified atom stereocenters. The summed E-state index contributed by atoms with van der Waals surface area (Å²) in [7, 11) is -4.01. The predicted octanol–water partition coefficient (Wildman–Crippen LogP) is 2.15. The van der Waals surface area contributed by atoms with Gasteiger partial charge < -0.3 is 0 Å². The van der Waals surface area contributed by atoms with Crippen LogP contribution in [0.25, 0.3) is 0 Å². The zero-order valence-corrected chi connectivity index (χ0v) is 12.2. The quantitative estimate of drug-likeness (QED) is 0.679. The number of sulfonamides is 1. The Morgan fingerprint density at radius 2 is 2.00 bits per heavy atom. The number of hydrogen-bond donors (Lipinski definition) is 1. The Kier molecular flexibility index (Phi) is 4.05. The third-order valence-electron chi connectivity index (χ3n) is 2.60. The number of benzene rings is 1.